The van der Waals surface area contributed by atoms with E-state index in [4.69, 9.17) is 4.74 Å². The Labute approximate surface area is 51.0 Å². The minimum Gasteiger partial charge on any atom is -0.378 e. The lowest BCUT2D eigenvalue weighted by molar-refractivity contribution is 0.0870. The van der Waals surface area contributed by atoms with Crippen LogP contribution in [0, 0.1) is 12.8 Å². The fraction of sp³-hybridized carbons (Fsp3) is 0.857. The quantitative estimate of drug-likeness (QED) is 0.540. The third-order valence-electron chi connectivity index (χ3n) is 1.31. The molecule has 0 aromatic carbocycles. The molecule has 0 saturated heterocycles. The van der Waals surface area contributed by atoms with Gasteiger partial charge in [-0.2, -0.15) is 0 Å². The van der Waals surface area contributed by atoms with Crippen molar-refractivity contribution >= 4 is 0 Å². The van der Waals surface area contributed by atoms with Gasteiger partial charge in [-0.3, -0.25) is 0 Å². The Balaban J connectivity index is 1.87. The van der Waals surface area contributed by atoms with E-state index < -0.39 is 0 Å². The Morgan fingerprint density at radius 3 is 2.75 bits per heavy atom. The summed E-state index contributed by atoms with van der Waals surface area (Å²) >= 11 is 0. The minimum atomic E-state index is 0.176. The van der Waals surface area contributed by atoms with Crippen LogP contribution in [0.2, 0.25) is 0 Å². The molecule has 1 nitrogen and oxygen atoms in total. The lowest BCUT2D eigenvalue weighted by Gasteiger charge is -2.04. The Morgan fingerprint density at radius 2 is 2.38 bits per heavy atom. The van der Waals surface area contributed by atoms with Crippen molar-refractivity contribution < 1.29 is 4.74 Å². The summed E-state index contributed by atoms with van der Waals surface area (Å²) in [7, 11) is 0. The van der Waals surface area contributed by atoms with Gasteiger partial charge >= 0.3 is 0 Å². The monoisotopic (exact) mass is 113 g/mol. The highest BCUT2D eigenvalue weighted by Gasteiger charge is 2.21. The molecule has 0 N–H and O–H groups in total. The van der Waals surface area contributed by atoms with E-state index in [1.807, 2.05) is 6.92 Å². The van der Waals surface area contributed by atoms with Crippen LogP contribution >= 0.6 is 0 Å². The summed E-state index contributed by atoms with van der Waals surface area (Å²) in [4.78, 5) is 0. The molecule has 1 heteroatoms. The molecule has 1 radical (unpaired) electrons. The number of ether oxygens (including phenoxy) is 1. The van der Waals surface area contributed by atoms with Crippen molar-refractivity contribution in [1.82, 2.24) is 0 Å². The zero-order chi connectivity index (χ0) is 5.98. The third kappa shape index (κ3) is 2.31. The summed E-state index contributed by atoms with van der Waals surface area (Å²) in [6.07, 6.45) is 2.91. The molecular weight excluding hydrogens is 100 g/mol. The topological polar surface area (TPSA) is 9.23 Å². The Hall–Kier alpha value is -0.0400. The smallest absolute Gasteiger partial charge is 0.0548 e. The first-order valence-electron chi connectivity index (χ1n) is 3.23. The molecule has 1 unspecified atom stereocenters. The average molecular weight is 113 g/mol. The Morgan fingerprint density at radius 1 is 1.75 bits per heavy atom. The van der Waals surface area contributed by atoms with Crippen molar-refractivity contribution in [2.24, 2.45) is 5.92 Å². The second kappa shape index (κ2) is 2.49. The van der Waals surface area contributed by atoms with Crippen LogP contribution in [0.1, 0.15) is 19.8 Å². The molecule has 8 heavy (non-hydrogen) atoms. The fourth-order valence-corrected chi connectivity index (χ4v) is 0.585. The average Bonchev–Trinajstić information content (AvgIpc) is 2.41. The second-order valence-corrected chi connectivity index (χ2v) is 2.59. The van der Waals surface area contributed by atoms with Crippen molar-refractivity contribution in [2.45, 2.75) is 25.9 Å². The summed E-state index contributed by atoms with van der Waals surface area (Å²) in [5.41, 5.74) is 0. The van der Waals surface area contributed by atoms with Crippen molar-refractivity contribution in [3.63, 3.8) is 0 Å². The summed E-state index contributed by atoms with van der Waals surface area (Å²) in [6.45, 7) is 6.63. The van der Waals surface area contributed by atoms with Gasteiger partial charge in [0, 0.05) is 6.61 Å². The molecule has 1 aliphatic rings. The van der Waals surface area contributed by atoms with Gasteiger partial charge in [-0.15, -0.1) is 0 Å². The molecule has 1 atom stereocenters. The molecule has 1 aliphatic carbocycles. The van der Waals surface area contributed by atoms with E-state index in [1.54, 1.807) is 0 Å². The van der Waals surface area contributed by atoms with Gasteiger partial charge in [-0.05, 0) is 32.6 Å². The summed E-state index contributed by atoms with van der Waals surface area (Å²) in [6, 6.07) is 0. The van der Waals surface area contributed by atoms with Gasteiger partial charge in [-0.25, -0.2) is 0 Å². The van der Waals surface area contributed by atoms with Gasteiger partial charge in [0.2, 0.25) is 0 Å². The van der Waals surface area contributed by atoms with Crippen LogP contribution in [0.3, 0.4) is 0 Å². The highest BCUT2D eigenvalue weighted by Crippen LogP contribution is 2.28. The van der Waals surface area contributed by atoms with Crippen LogP contribution in [0.4, 0.5) is 0 Å². The first-order valence-corrected chi connectivity index (χ1v) is 3.23. The maximum atomic E-state index is 5.25. The Bertz CT molecular complexity index is 62.8. The van der Waals surface area contributed by atoms with Crippen molar-refractivity contribution in [3.05, 3.63) is 6.92 Å². The highest BCUT2D eigenvalue weighted by molar-refractivity contribution is 4.72. The number of hydrogen-bond acceptors (Lipinski definition) is 1. The molecule has 0 spiro atoms. The maximum absolute atomic E-state index is 5.25. The molecule has 0 bridgehead atoms. The summed E-state index contributed by atoms with van der Waals surface area (Å²) < 4.78 is 5.25. The predicted molar refractivity (Wildman–Crippen MR) is 33.5 cm³/mol. The Kier molecular flexibility index (Phi) is 1.90. The van der Waals surface area contributed by atoms with Gasteiger partial charge in [0.05, 0.1) is 6.10 Å². The van der Waals surface area contributed by atoms with E-state index in [-0.39, 0.29) is 6.10 Å². The largest absolute Gasteiger partial charge is 0.378 e. The van der Waals surface area contributed by atoms with Crippen LogP contribution in [0.15, 0.2) is 0 Å². The molecule has 0 aromatic rings. The first kappa shape index (κ1) is 6.09. The van der Waals surface area contributed by atoms with E-state index >= 15 is 0 Å². The molecule has 0 aromatic heterocycles. The van der Waals surface area contributed by atoms with E-state index in [9.17, 15) is 0 Å². The van der Waals surface area contributed by atoms with Crippen LogP contribution < -0.4 is 0 Å². The van der Waals surface area contributed by atoms with Gasteiger partial charge < -0.3 is 4.74 Å². The zero-order valence-electron chi connectivity index (χ0n) is 5.39. The zero-order valence-corrected chi connectivity index (χ0v) is 5.39. The maximum Gasteiger partial charge on any atom is 0.0548 e. The molecule has 0 aliphatic heterocycles. The molecule has 1 fully saturated rings. The summed E-state index contributed by atoms with van der Waals surface area (Å²) in [5.74, 6) is 0.874. The number of hydrogen-bond donors (Lipinski definition) is 0. The summed E-state index contributed by atoms with van der Waals surface area (Å²) in [5, 5.41) is 0. The first-order chi connectivity index (χ1) is 3.79. The van der Waals surface area contributed by atoms with Crippen molar-refractivity contribution in [3.8, 4) is 0 Å². The van der Waals surface area contributed by atoms with Crippen molar-refractivity contribution in [2.75, 3.05) is 6.61 Å². The van der Waals surface area contributed by atoms with Gasteiger partial charge in [0.15, 0.2) is 0 Å². The molecule has 0 amide bonds. The van der Waals surface area contributed by atoms with Crippen LogP contribution in [0.25, 0.3) is 0 Å². The molecule has 47 valence electrons. The SMILES string of the molecule is [CH2]C(C)OCC1CC1. The van der Waals surface area contributed by atoms with Gasteiger partial charge in [-0.1, -0.05) is 0 Å². The molecule has 1 rings (SSSR count). The normalized spacial score (nSPS) is 19.9. The number of rotatable bonds is 3. The van der Waals surface area contributed by atoms with E-state index in [1.165, 1.54) is 12.8 Å². The standard InChI is InChI=1S/C7H13O/c1-6(2)8-5-7-3-4-7/h6-7H,1,3-5H2,2H3. The second-order valence-electron chi connectivity index (χ2n) is 2.59. The van der Waals surface area contributed by atoms with Crippen LogP contribution in [0.5, 0.6) is 0 Å². The van der Waals surface area contributed by atoms with E-state index in [2.05, 4.69) is 6.92 Å². The van der Waals surface area contributed by atoms with E-state index in [0.717, 1.165) is 12.5 Å². The van der Waals surface area contributed by atoms with Crippen molar-refractivity contribution in [1.29, 1.82) is 0 Å². The van der Waals surface area contributed by atoms with Crippen LogP contribution in [-0.2, 0) is 4.74 Å². The highest BCUT2D eigenvalue weighted by atomic mass is 16.5. The molecule has 0 heterocycles. The van der Waals surface area contributed by atoms with Gasteiger partial charge in [0.1, 0.15) is 0 Å². The molecular formula is C7H13O. The minimum absolute atomic E-state index is 0.176. The molecule has 1 saturated carbocycles. The van der Waals surface area contributed by atoms with Gasteiger partial charge in [0.25, 0.3) is 0 Å². The lowest BCUT2D eigenvalue weighted by Crippen LogP contribution is -2.04. The fourth-order valence-electron chi connectivity index (χ4n) is 0.585. The lowest BCUT2D eigenvalue weighted by atomic mass is 10.4. The van der Waals surface area contributed by atoms with E-state index in [0.29, 0.717) is 0 Å². The van der Waals surface area contributed by atoms with Crippen LogP contribution in [-0.4, -0.2) is 12.7 Å². The third-order valence-corrected chi connectivity index (χ3v) is 1.31. The predicted octanol–water partition coefficient (Wildman–Crippen LogP) is 1.64.